The highest BCUT2D eigenvalue weighted by molar-refractivity contribution is 7.76. The van der Waals surface area contributed by atoms with E-state index in [0.717, 1.165) is 47.7 Å². The van der Waals surface area contributed by atoms with E-state index in [-0.39, 0.29) is 52.1 Å². The van der Waals surface area contributed by atoms with Gasteiger partial charge in [-0.05, 0) is 80.3 Å². The average Bonchev–Trinajstić information content (AvgIpc) is 3.85. The largest absolute Gasteiger partial charge is 0.759 e. The molecule has 2 fully saturated rings. The van der Waals surface area contributed by atoms with Gasteiger partial charge in [-0.15, -0.1) is 11.3 Å². The normalized spacial score (nSPS) is 17.9. The number of thiophene rings is 1. The number of carbonyl (C=O) groups excluding carboxylic acids is 1. The summed E-state index contributed by atoms with van der Waals surface area (Å²) in [5.41, 5.74) is 2.43. The van der Waals surface area contributed by atoms with Gasteiger partial charge in [-0.3, -0.25) is 14.4 Å². The molecule has 0 spiro atoms. The minimum Gasteiger partial charge on any atom is -0.759 e. The standard InChI is InChI=1S/C34H30Cl2F6N6O3S2/c35-23-11-14-27(26(36)19-23)48-31(28-15-13-24(52-28)12-8-21-6-9-22(10-7-21)33(37,38)39)25(30(43-48)32(49)44-45-16-2-1-3-17-45)20-47(53(50)51)46-18-4-5-29(46)34(40,41)42/h6-7,9-11,13-15,19,29H,1-5,16-18,20H2,(H,44,49)(H,50,51)/p-1/t29-/m1/s1. The summed E-state index contributed by atoms with van der Waals surface area (Å²) in [7, 11) is 0. The summed E-state index contributed by atoms with van der Waals surface area (Å²) in [6.07, 6.45) is -6.89. The van der Waals surface area contributed by atoms with E-state index in [1.54, 1.807) is 17.1 Å². The lowest BCUT2D eigenvalue weighted by atomic mass is 10.1. The van der Waals surface area contributed by atoms with Gasteiger partial charge in [0.05, 0.1) is 38.3 Å². The number of piperidine rings is 1. The molecule has 6 rings (SSSR count). The van der Waals surface area contributed by atoms with Crippen LogP contribution in [0, 0.1) is 11.8 Å². The van der Waals surface area contributed by atoms with E-state index in [1.165, 1.54) is 35.0 Å². The smallest absolute Gasteiger partial charge is 0.416 e. The first-order chi connectivity index (χ1) is 25.1. The number of hydrazine groups is 2. The Morgan fingerprint density at radius 1 is 0.981 bits per heavy atom. The van der Waals surface area contributed by atoms with Crippen molar-refractivity contribution < 1.29 is 39.9 Å². The summed E-state index contributed by atoms with van der Waals surface area (Å²) < 4.78 is 109. The second-order valence-electron chi connectivity index (χ2n) is 12.3. The quantitative estimate of drug-likeness (QED) is 0.110. The van der Waals surface area contributed by atoms with Crippen molar-refractivity contribution in [2.24, 2.45) is 0 Å². The third kappa shape index (κ3) is 9.09. The van der Waals surface area contributed by atoms with Crippen LogP contribution in [0.4, 0.5) is 26.3 Å². The summed E-state index contributed by atoms with van der Waals surface area (Å²) in [6, 6.07) is 9.92. The summed E-state index contributed by atoms with van der Waals surface area (Å²) in [4.78, 5) is 14.8. The Kier molecular flexibility index (Phi) is 11.9. The Morgan fingerprint density at radius 3 is 2.34 bits per heavy atom. The van der Waals surface area contributed by atoms with E-state index in [1.807, 2.05) is 0 Å². The Hall–Kier alpha value is -3.47. The van der Waals surface area contributed by atoms with Crippen LogP contribution in [0.2, 0.25) is 10.0 Å². The summed E-state index contributed by atoms with van der Waals surface area (Å²) >= 11 is 10.7. The first-order valence-corrected chi connectivity index (χ1v) is 18.8. The van der Waals surface area contributed by atoms with Crippen molar-refractivity contribution in [3.05, 3.63) is 91.9 Å². The monoisotopic (exact) mass is 817 g/mol. The first kappa shape index (κ1) is 39.2. The van der Waals surface area contributed by atoms with Crippen LogP contribution in [0.5, 0.6) is 0 Å². The molecule has 0 bridgehead atoms. The molecular weight excluding hydrogens is 789 g/mol. The van der Waals surface area contributed by atoms with Crippen LogP contribution < -0.4 is 5.43 Å². The molecule has 9 nitrogen and oxygen atoms in total. The molecule has 2 saturated heterocycles. The van der Waals surface area contributed by atoms with E-state index in [9.17, 15) is 39.9 Å². The van der Waals surface area contributed by atoms with Crippen LogP contribution in [-0.4, -0.2) is 70.7 Å². The van der Waals surface area contributed by atoms with E-state index >= 15 is 0 Å². The molecule has 2 aliphatic heterocycles. The molecule has 1 unspecified atom stereocenters. The van der Waals surface area contributed by atoms with E-state index in [4.69, 9.17) is 23.2 Å². The fraction of sp³-hybridized carbons (Fsp3) is 0.353. The predicted molar refractivity (Wildman–Crippen MR) is 187 cm³/mol. The molecule has 0 aliphatic carbocycles. The van der Waals surface area contributed by atoms with E-state index in [0.29, 0.717) is 32.8 Å². The Bertz CT molecular complexity index is 2060. The van der Waals surface area contributed by atoms with E-state index in [2.05, 4.69) is 22.4 Å². The van der Waals surface area contributed by atoms with Crippen LogP contribution in [-0.2, 0) is 24.0 Å². The SMILES string of the molecule is O=C(NN1CCCCC1)c1nn(-c2ccc(Cl)cc2Cl)c(-c2ccc(C#Cc3ccc(C(F)(F)F)cc3)s2)c1CN(N1CCC[C@@H]1C(F)(F)F)S(=O)[O-]. The number of hydrogen-bond donors (Lipinski definition) is 1. The zero-order valence-corrected chi connectivity index (χ0v) is 30.6. The topological polar surface area (TPSA) is 96.8 Å². The lowest BCUT2D eigenvalue weighted by molar-refractivity contribution is -0.198. The maximum absolute atomic E-state index is 14.1. The second kappa shape index (κ2) is 16.1. The highest BCUT2D eigenvalue weighted by atomic mass is 35.5. The van der Waals surface area contributed by atoms with Gasteiger partial charge in [-0.1, -0.05) is 41.5 Å². The minimum absolute atomic E-state index is 0.00773. The highest BCUT2D eigenvalue weighted by Crippen LogP contribution is 2.40. The Balaban J connectivity index is 1.49. The van der Waals surface area contributed by atoms with Gasteiger partial charge in [-0.2, -0.15) is 35.9 Å². The van der Waals surface area contributed by atoms with Crippen molar-refractivity contribution in [1.29, 1.82) is 0 Å². The van der Waals surface area contributed by atoms with Crippen molar-refractivity contribution in [2.75, 3.05) is 19.6 Å². The lowest BCUT2D eigenvalue weighted by Crippen LogP contribution is -2.51. The third-order valence-electron chi connectivity index (χ3n) is 8.69. The lowest BCUT2D eigenvalue weighted by Gasteiger charge is -2.37. The second-order valence-corrected chi connectivity index (χ2v) is 15.0. The maximum Gasteiger partial charge on any atom is 0.416 e. The molecule has 282 valence electrons. The zero-order valence-electron chi connectivity index (χ0n) is 27.4. The fourth-order valence-corrected chi connectivity index (χ4v) is 8.20. The molecular formula is C34H29Cl2F6N6O3S2-. The number of benzene rings is 2. The first-order valence-electron chi connectivity index (χ1n) is 16.2. The molecule has 2 atom stereocenters. The number of nitrogens with zero attached hydrogens (tertiary/aromatic N) is 5. The van der Waals surface area contributed by atoms with Crippen LogP contribution in [0.3, 0.4) is 0 Å². The molecule has 0 radical (unpaired) electrons. The fourth-order valence-electron chi connectivity index (χ4n) is 6.19. The Labute approximate surface area is 316 Å². The minimum atomic E-state index is -4.74. The molecule has 53 heavy (non-hydrogen) atoms. The van der Waals surface area contributed by atoms with Gasteiger partial charge < -0.3 is 4.55 Å². The maximum atomic E-state index is 14.1. The van der Waals surface area contributed by atoms with Crippen molar-refractivity contribution in [1.82, 2.24) is 29.6 Å². The number of carbonyl (C=O) groups is 1. The van der Waals surface area contributed by atoms with Gasteiger partial charge >= 0.3 is 12.4 Å². The summed E-state index contributed by atoms with van der Waals surface area (Å²) in [5.74, 6) is 5.01. The van der Waals surface area contributed by atoms with Gasteiger partial charge in [0.2, 0.25) is 0 Å². The van der Waals surface area contributed by atoms with Crippen molar-refractivity contribution in [3.63, 3.8) is 0 Å². The number of hydrogen-bond acceptors (Lipinski definition) is 7. The number of halogens is 8. The van der Waals surface area contributed by atoms with Gasteiger partial charge in [-0.25, -0.2) is 14.7 Å². The summed E-state index contributed by atoms with van der Waals surface area (Å²) in [6.45, 7) is 0.182. The van der Waals surface area contributed by atoms with Crippen molar-refractivity contribution >= 4 is 51.7 Å². The average molecular weight is 819 g/mol. The predicted octanol–water partition coefficient (Wildman–Crippen LogP) is 7.99. The van der Waals surface area contributed by atoms with Gasteiger partial charge in [0.1, 0.15) is 6.04 Å². The Morgan fingerprint density at radius 2 is 1.70 bits per heavy atom. The van der Waals surface area contributed by atoms with E-state index < -0.39 is 47.7 Å². The molecule has 2 aliphatic rings. The highest BCUT2D eigenvalue weighted by Gasteiger charge is 2.48. The van der Waals surface area contributed by atoms with Crippen LogP contribution in [0.15, 0.2) is 54.6 Å². The molecule has 19 heteroatoms. The van der Waals surface area contributed by atoms with Crippen molar-refractivity contribution in [2.45, 2.75) is 57.0 Å². The molecule has 4 aromatic rings. The molecule has 2 aromatic heterocycles. The number of amides is 1. The number of aromatic nitrogens is 2. The van der Waals surface area contributed by atoms with Gasteiger partial charge in [0.25, 0.3) is 5.91 Å². The zero-order chi connectivity index (χ0) is 38.1. The van der Waals surface area contributed by atoms with Crippen LogP contribution in [0.1, 0.15) is 64.2 Å². The van der Waals surface area contributed by atoms with Crippen LogP contribution >= 0.6 is 34.5 Å². The number of rotatable bonds is 8. The number of alkyl halides is 6. The molecule has 2 aromatic carbocycles. The van der Waals surface area contributed by atoms with Crippen LogP contribution in [0.25, 0.3) is 16.3 Å². The molecule has 0 saturated carbocycles. The van der Waals surface area contributed by atoms with Crippen molar-refractivity contribution in [3.8, 4) is 28.1 Å². The molecule has 1 amide bonds. The van der Waals surface area contributed by atoms with Gasteiger partial charge in [0, 0.05) is 47.1 Å². The third-order valence-corrected chi connectivity index (χ3v) is 10.9. The molecule has 4 heterocycles. The number of nitrogens with one attached hydrogen (secondary N) is 1. The van der Waals surface area contributed by atoms with Gasteiger partial charge in [0.15, 0.2) is 5.69 Å². The summed E-state index contributed by atoms with van der Waals surface area (Å²) in [5, 5.41) is 7.44. The molecule has 1 N–H and O–H groups in total.